The monoisotopic (exact) mass is 236 g/mol. The molecule has 0 aliphatic rings. The number of hydrogen-bond donors (Lipinski definition) is 0. The fourth-order valence-corrected chi connectivity index (χ4v) is 1.09. The van der Waals surface area contributed by atoms with Gasteiger partial charge in [0.25, 0.3) is 0 Å². The molecule has 0 spiro atoms. The Balaban J connectivity index is 3.00. The molecule has 0 N–H and O–H groups in total. The van der Waals surface area contributed by atoms with Crippen LogP contribution in [0.2, 0.25) is 0 Å². The van der Waals surface area contributed by atoms with Gasteiger partial charge in [0, 0.05) is 6.07 Å². The Morgan fingerprint density at radius 2 is 1.88 bits per heavy atom. The molecule has 0 unspecified atom stereocenters. The first-order valence-corrected chi connectivity index (χ1v) is 4.53. The highest BCUT2D eigenvalue weighted by atomic mass is 19.4. The van der Waals surface area contributed by atoms with E-state index in [2.05, 4.69) is 4.74 Å². The second-order valence-corrected chi connectivity index (χ2v) is 2.79. The molecule has 0 aliphatic carbocycles. The quantitative estimate of drug-likeness (QED) is 0.804. The minimum absolute atomic E-state index is 0.0284. The SMILES string of the molecule is CCOc1ccc(OC)cc1OC(F)(F)F. The third kappa shape index (κ3) is 3.52. The lowest BCUT2D eigenvalue weighted by atomic mass is 10.3. The Morgan fingerprint density at radius 3 is 2.38 bits per heavy atom. The fraction of sp³-hybridized carbons (Fsp3) is 0.400. The number of ether oxygens (including phenoxy) is 3. The maximum Gasteiger partial charge on any atom is 0.573 e. The van der Waals surface area contributed by atoms with Crippen LogP contribution in [0.5, 0.6) is 17.2 Å². The van der Waals surface area contributed by atoms with E-state index in [9.17, 15) is 13.2 Å². The number of hydrogen-bond acceptors (Lipinski definition) is 3. The molecule has 1 aromatic carbocycles. The summed E-state index contributed by atoms with van der Waals surface area (Å²) in [6, 6.07) is 3.98. The van der Waals surface area contributed by atoms with E-state index < -0.39 is 12.1 Å². The van der Waals surface area contributed by atoms with Gasteiger partial charge in [-0.25, -0.2) is 0 Å². The Labute approximate surface area is 90.7 Å². The maximum atomic E-state index is 12.1. The number of methoxy groups -OCH3 is 1. The molecule has 0 heterocycles. The summed E-state index contributed by atoms with van der Waals surface area (Å²) in [5.74, 6) is -0.114. The average Bonchev–Trinajstić information content (AvgIpc) is 2.18. The van der Waals surface area contributed by atoms with Crippen molar-refractivity contribution < 1.29 is 27.4 Å². The van der Waals surface area contributed by atoms with Gasteiger partial charge in [-0.15, -0.1) is 13.2 Å². The molecule has 0 fully saturated rings. The van der Waals surface area contributed by atoms with Crippen LogP contribution in [0, 0.1) is 0 Å². The van der Waals surface area contributed by atoms with Crippen molar-refractivity contribution in [3.63, 3.8) is 0 Å². The zero-order valence-corrected chi connectivity index (χ0v) is 8.80. The molecule has 0 bridgehead atoms. The molecule has 6 heteroatoms. The largest absolute Gasteiger partial charge is 0.573 e. The normalized spacial score (nSPS) is 11.1. The molecule has 0 saturated heterocycles. The number of rotatable bonds is 4. The van der Waals surface area contributed by atoms with Crippen molar-refractivity contribution in [3.05, 3.63) is 18.2 Å². The molecule has 0 radical (unpaired) electrons. The van der Waals surface area contributed by atoms with Gasteiger partial charge in [-0.1, -0.05) is 0 Å². The van der Waals surface area contributed by atoms with E-state index in [4.69, 9.17) is 9.47 Å². The van der Waals surface area contributed by atoms with Gasteiger partial charge in [0.15, 0.2) is 11.5 Å². The molecule has 0 amide bonds. The van der Waals surface area contributed by atoms with Crippen molar-refractivity contribution in [1.82, 2.24) is 0 Å². The molecular weight excluding hydrogens is 225 g/mol. The minimum atomic E-state index is -4.75. The predicted molar refractivity (Wildman–Crippen MR) is 50.8 cm³/mol. The Hall–Kier alpha value is -1.59. The topological polar surface area (TPSA) is 27.7 Å². The molecule has 0 atom stereocenters. The molecule has 0 saturated carbocycles. The molecule has 0 aromatic heterocycles. The van der Waals surface area contributed by atoms with Gasteiger partial charge in [-0.2, -0.15) is 0 Å². The summed E-state index contributed by atoms with van der Waals surface area (Å²) in [5, 5.41) is 0. The zero-order valence-electron chi connectivity index (χ0n) is 8.80. The standard InChI is InChI=1S/C10H11F3O3/c1-3-15-8-5-4-7(14-2)6-9(8)16-10(11,12)13/h4-6H,3H2,1-2H3. The van der Waals surface area contributed by atoms with Gasteiger partial charge in [-0.3, -0.25) is 0 Å². The molecule has 90 valence electrons. The fourth-order valence-electron chi connectivity index (χ4n) is 1.09. The van der Waals surface area contributed by atoms with Crippen LogP contribution in [0.3, 0.4) is 0 Å². The highest BCUT2D eigenvalue weighted by Gasteiger charge is 2.32. The van der Waals surface area contributed by atoms with Crippen molar-refractivity contribution in [2.24, 2.45) is 0 Å². The number of halogens is 3. The molecule has 1 rings (SSSR count). The third-order valence-corrected chi connectivity index (χ3v) is 1.68. The van der Waals surface area contributed by atoms with Gasteiger partial charge in [0.05, 0.1) is 13.7 Å². The van der Waals surface area contributed by atoms with Crippen LogP contribution in [0.4, 0.5) is 13.2 Å². The summed E-state index contributed by atoms with van der Waals surface area (Å²) < 4.78 is 49.9. The first-order valence-electron chi connectivity index (χ1n) is 4.53. The first-order chi connectivity index (χ1) is 7.46. The van der Waals surface area contributed by atoms with Crippen molar-refractivity contribution in [2.75, 3.05) is 13.7 Å². The van der Waals surface area contributed by atoms with Gasteiger partial charge >= 0.3 is 6.36 Å². The van der Waals surface area contributed by atoms with E-state index in [1.165, 1.54) is 19.2 Å². The van der Waals surface area contributed by atoms with Crippen LogP contribution >= 0.6 is 0 Å². The predicted octanol–water partition coefficient (Wildman–Crippen LogP) is 2.99. The smallest absolute Gasteiger partial charge is 0.497 e. The molecule has 1 aromatic rings. The summed E-state index contributed by atoms with van der Waals surface area (Å²) in [6.07, 6.45) is -4.75. The minimum Gasteiger partial charge on any atom is -0.497 e. The summed E-state index contributed by atoms with van der Waals surface area (Å²) >= 11 is 0. The van der Waals surface area contributed by atoms with Gasteiger partial charge < -0.3 is 14.2 Å². The van der Waals surface area contributed by atoms with Gasteiger partial charge in [0.1, 0.15) is 5.75 Å². The van der Waals surface area contributed by atoms with Crippen LogP contribution in [0.1, 0.15) is 6.92 Å². The lowest BCUT2D eigenvalue weighted by molar-refractivity contribution is -0.275. The van der Waals surface area contributed by atoms with Gasteiger partial charge in [-0.05, 0) is 19.1 Å². The van der Waals surface area contributed by atoms with E-state index in [-0.39, 0.29) is 18.1 Å². The van der Waals surface area contributed by atoms with Crippen LogP contribution in [0.25, 0.3) is 0 Å². The van der Waals surface area contributed by atoms with Crippen LogP contribution in [-0.2, 0) is 0 Å². The maximum absolute atomic E-state index is 12.1. The van der Waals surface area contributed by atoms with Crippen molar-refractivity contribution in [3.8, 4) is 17.2 Å². The highest BCUT2D eigenvalue weighted by molar-refractivity contribution is 5.45. The first kappa shape index (κ1) is 12.5. The summed E-state index contributed by atoms with van der Waals surface area (Å²) in [6.45, 7) is 1.92. The van der Waals surface area contributed by atoms with Crippen molar-refractivity contribution in [1.29, 1.82) is 0 Å². The van der Waals surface area contributed by atoms with E-state index in [1.807, 2.05) is 0 Å². The second-order valence-electron chi connectivity index (χ2n) is 2.79. The second kappa shape index (κ2) is 4.96. The molecular formula is C10H11F3O3. The number of alkyl halides is 3. The summed E-state index contributed by atoms with van der Waals surface area (Å²) in [5.41, 5.74) is 0. The lowest BCUT2D eigenvalue weighted by Crippen LogP contribution is -2.17. The Bertz CT molecular complexity index is 350. The van der Waals surface area contributed by atoms with E-state index >= 15 is 0 Å². The van der Waals surface area contributed by atoms with E-state index in [0.717, 1.165) is 6.07 Å². The van der Waals surface area contributed by atoms with Crippen LogP contribution in [0.15, 0.2) is 18.2 Å². The summed E-state index contributed by atoms with van der Waals surface area (Å²) in [4.78, 5) is 0. The zero-order chi connectivity index (χ0) is 12.2. The average molecular weight is 236 g/mol. The molecule has 3 nitrogen and oxygen atoms in total. The van der Waals surface area contributed by atoms with Gasteiger partial charge in [0.2, 0.25) is 0 Å². The summed E-state index contributed by atoms with van der Waals surface area (Å²) in [7, 11) is 1.35. The lowest BCUT2D eigenvalue weighted by Gasteiger charge is -2.14. The van der Waals surface area contributed by atoms with Crippen LogP contribution in [-0.4, -0.2) is 20.1 Å². The van der Waals surface area contributed by atoms with Crippen LogP contribution < -0.4 is 14.2 Å². The Kier molecular flexibility index (Phi) is 3.87. The number of benzene rings is 1. The Morgan fingerprint density at radius 1 is 1.19 bits per heavy atom. The highest BCUT2D eigenvalue weighted by Crippen LogP contribution is 2.35. The third-order valence-electron chi connectivity index (χ3n) is 1.68. The van der Waals surface area contributed by atoms with Crippen molar-refractivity contribution in [2.45, 2.75) is 13.3 Å². The van der Waals surface area contributed by atoms with E-state index in [0.29, 0.717) is 0 Å². The van der Waals surface area contributed by atoms with Crippen molar-refractivity contribution >= 4 is 0 Å². The molecule has 16 heavy (non-hydrogen) atoms. The molecule has 0 aliphatic heterocycles. The van der Waals surface area contributed by atoms with E-state index in [1.54, 1.807) is 6.92 Å².